The monoisotopic (exact) mass is 270 g/mol. The van der Waals surface area contributed by atoms with E-state index in [0.717, 1.165) is 11.2 Å². The van der Waals surface area contributed by atoms with Gasteiger partial charge in [0, 0.05) is 15.7 Å². The largest absolute Gasteiger partial charge is 0.456 e. The molecule has 0 unspecified atom stereocenters. The third-order valence-electron chi connectivity index (χ3n) is 3.55. The molecule has 1 nitrogen and oxygen atoms in total. The van der Waals surface area contributed by atoms with E-state index in [4.69, 9.17) is 4.42 Å². The fourth-order valence-corrected chi connectivity index (χ4v) is 2.78. The van der Waals surface area contributed by atoms with Gasteiger partial charge in [-0.25, -0.2) is 0 Å². The van der Waals surface area contributed by atoms with E-state index in [0.29, 0.717) is 0 Å². The smallest absolute Gasteiger partial charge is 0.136 e. The SMILES string of the molecule is CSc1ccc2c(c1)oc1cc(C(C)(C)C)ccc12. The molecule has 0 bridgehead atoms. The Hall–Kier alpha value is -1.41. The minimum Gasteiger partial charge on any atom is -0.456 e. The second-order valence-electron chi connectivity index (χ2n) is 5.93. The lowest BCUT2D eigenvalue weighted by Crippen LogP contribution is -2.10. The van der Waals surface area contributed by atoms with Crippen molar-refractivity contribution in [3.05, 3.63) is 42.0 Å². The van der Waals surface area contributed by atoms with Gasteiger partial charge in [-0.1, -0.05) is 32.9 Å². The van der Waals surface area contributed by atoms with E-state index in [-0.39, 0.29) is 5.41 Å². The fourth-order valence-electron chi connectivity index (χ4n) is 2.35. The maximum Gasteiger partial charge on any atom is 0.136 e. The minimum absolute atomic E-state index is 0.150. The van der Waals surface area contributed by atoms with Crippen LogP contribution in [-0.2, 0) is 5.41 Å². The van der Waals surface area contributed by atoms with Crippen LogP contribution in [0.5, 0.6) is 0 Å². The summed E-state index contributed by atoms with van der Waals surface area (Å²) in [5.74, 6) is 0. The highest BCUT2D eigenvalue weighted by Crippen LogP contribution is 2.34. The number of fused-ring (bicyclic) bond motifs is 3. The van der Waals surface area contributed by atoms with Crippen LogP contribution in [-0.4, -0.2) is 6.26 Å². The molecular weight excluding hydrogens is 252 g/mol. The molecule has 0 fully saturated rings. The summed E-state index contributed by atoms with van der Waals surface area (Å²) in [4.78, 5) is 1.24. The van der Waals surface area contributed by atoms with E-state index in [9.17, 15) is 0 Å². The van der Waals surface area contributed by atoms with Crippen molar-refractivity contribution >= 4 is 33.7 Å². The van der Waals surface area contributed by atoms with Gasteiger partial charge in [-0.3, -0.25) is 0 Å². The van der Waals surface area contributed by atoms with Gasteiger partial charge in [0.05, 0.1) is 0 Å². The first-order chi connectivity index (χ1) is 8.99. The fraction of sp³-hybridized carbons (Fsp3) is 0.294. The average Bonchev–Trinajstić information content (AvgIpc) is 2.73. The maximum atomic E-state index is 6.02. The van der Waals surface area contributed by atoms with Gasteiger partial charge in [0.2, 0.25) is 0 Å². The summed E-state index contributed by atoms with van der Waals surface area (Å²) in [6.45, 7) is 6.67. The summed E-state index contributed by atoms with van der Waals surface area (Å²) in [5, 5.41) is 2.41. The molecule has 0 saturated heterocycles. The molecule has 0 aliphatic carbocycles. The molecule has 1 heterocycles. The van der Waals surface area contributed by atoms with Crippen molar-refractivity contribution in [2.75, 3.05) is 6.26 Å². The third kappa shape index (κ3) is 2.14. The van der Waals surface area contributed by atoms with Crippen molar-refractivity contribution in [3.8, 4) is 0 Å². The summed E-state index contributed by atoms with van der Waals surface area (Å²) >= 11 is 1.74. The van der Waals surface area contributed by atoms with Crippen LogP contribution < -0.4 is 0 Å². The van der Waals surface area contributed by atoms with Gasteiger partial charge in [0.15, 0.2) is 0 Å². The molecule has 1 aromatic heterocycles. The number of thioether (sulfide) groups is 1. The molecule has 0 amide bonds. The Morgan fingerprint density at radius 1 is 0.895 bits per heavy atom. The Morgan fingerprint density at radius 2 is 1.53 bits per heavy atom. The van der Waals surface area contributed by atoms with Crippen LogP contribution in [0.15, 0.2) is 45.7 Å². The second-order valence-corrected chi connectivity index (χ2v) is 6.80. The van der Waals surface area contributed by atoms with Crippen molar-refractivity contribution in [1.82, 2.24) is 0 Å². The molecule has 2 heteroatoms. The summed E-state index contributed by atoms with van der Waals surface area (Å²) in [6.07, 6.45) is 2.08. The van der Waals surface area contributed by atoms with Crippen LogP contribution in [0.25, 0.3) is 21.9 Å². The Kier molecular flexibility index (Phi) is 2.86. The van der Waals surface area contributed by atoms with Gasteiger partial charge < -0.3 is 4.42 Å². The lowest BCUT2D eigenvalue weighted by molar-refractivity contribution is 0.587. The first-order valence-corrected chi connectivity index (χ1v) is 7.72. The summed E-state index contributed by atoms with van der Waals surface area (Å²) < 4.78 is 6.02. The topological polar surface area (TPSA) is 13.1 Å². The van der Waals surface area contributed by atoms with Crippen LogP contribution in [0.2, 0.25) is 0 Å². The highest BCUT2D eigenvalue weighted by Gasteiger charge is 2.16. The van der Waals surface area contributed by atoms with Crippen LogP contribution in [0.4, 0.5) is 0 Å². The van der Waals surface area contributed by atoms with Crippen molar-refractivity contribution in [1.29, 1.82) is 0 Å². The second kappa shape index (κ2) is 4.31. The zero-order valence-corrected chi connectivity index (χ0v) is 12.6. The van der Waals surface area contributed by atoms with Crippen LogP contribution in [0, 0.1) is 0 Å². The van der Waals surface area contributed by atoms with Crippen LogP contribution in [0.3, 0.4) is 0 Å². The average molecular weight is 270 g/mol. The molecule has 3 aromatic rings. The molecule has 0 aliphatic heterocycles. The van der Waals surface area contributed by atoms with Gasteiger partial charge in [0.1, 0.15) is 11.2 Å². The molecule has 0 aliphatic rings. The molecule has 98 valence electrons. The molecule has 0 saturated carbocycles. The summed E-state index contributed by atoms with van der Waals surface area (Å²) in [7, 11) is 0. The van der Waals surface area contributed by atoms with Crippen LogP contribution >= 0.6 is 11.8 Å². The number of furan rings is 1. The Bertz CT molecular complexity index is 747. The van der Waals surface area contributed by atoms with Gasteiger partial charge in [-0.2, -0.15) is 0 Å². The number of hydrogen-bond donors (Lipinski definition) is 0. The van der Waals surface area contributed by atoms with Crippen molar-refractivity contribution in [2.24, 2.45) is 0 Å². The van der Waals surface area contributed by atoms with E-state index >= 15 is 0 Å². The van der Waals surface area contributed by atoms with E-state index in [2.05, 4.69) is 63.4 Å². The zero-order chi connectivity index (χ0) is 13.6. The zero-order valence-electron chi connectivity index (χ0n) is 11.8. The molecule has 0 spiro atoms. The Balaban J connectivity index is 2.27. The van der Waals surface area contributed by atoms with E-state index < -0.39 is 0 Å². The van der Waals surface area contributed by atoms with Gasteiger partial charge in [-0.15, -0.1) is 11.8 Å². The Labute approximate surface area is 118 Å². The van der Waals surface area contributed by atoms with E-state index in [1.165, 1.54) is 21.2 Å². The van der Waals surface area contributed by atoms with E-state index in [1.807, 2.05) is 0 Å². The first-order valence-electron chi connectivity index (χ1n) is 6.50. The van der Waals surface area contributed by atoms with Crippen molar-refractivity contribution < 1.29 is 4.42 Å². The minimum atomic E-state index is 0.150. The molecule has 3 rings (SSSR count). The molecule has 0 radical (unpaired) electrons. The van der Waals surface area contributed by atoms with E-state index in [1.54, 1.807) is 11.8 Å². The normalized spacial score (nSPS) is 12.4. The van der Waals surface area contributed by atoms with Gasteiger partial charge in [-0.05, 0) is 41.5 Å². The summed E-state index contributed by atoms with van der Waals surface area (Å²) in [6, 6.07) is 13.0. The third-order valence-corrected chi connectivity index (χ3v) is 4.27. The molecular formula is C17H18OS. The molecule has 0 atom stereocenters. The maximum absolute atomic E-state index is 6.02. The number of hydrogen-bond acceptors (Lipinski definition) is 2. The lowest BCUT2D eigenvalue weighted by Gasteiger charge is -2.18. The standard InChI is InChI=1S/C17H18OS/c1-17(2,3)11-5-7-13-14-8-6-12(19-4)10-16(14)18-15(13)9-11/h5-10H,1-4H3. The van der Waals surface area contributed by atoms with Gasteiger partial charge in [0.25, 0.3) is 0 Å². The van der Waals surface area contributed by atoms with Crippen molar-refractivity contribution in [3.63, 3.8) is 0 Å². The molecule has 2 aromatic carbocycles. The number of rotatable bonds is 1. The van der Waals surface area contributed by atoms with Crippen LogP contribution in [0.1, 0.15) is 26.3 Å². The predicted octanol–water partition coefficient (Wildman–Crippen LogP) is 5.61. The lowest BCUT2D eigenvalue weighted by atomic mass is 9.87. The number of benzene rings is 2. The van der Waals surface area contributed by atoms with Crippen molar-refractivity contribution in [2.45, 2.75) is 31.1 Å². The van der Waals surface area contributed by atoms with Gasteiger partial charge >= 0.3 is 0 Å². The highest BCUT2D eigenvalue weighted by atomic mass is 32.2. The summed E-state index contributed by atoms with van der Waals surface area (Å²) in [5.41, 5.74) is 3.43. The quantitative estimate of drug-likeness (QED) is 0.533. The first kappa shape index (κ1) is 12.6. The molecule has 19 heavy (non-hydrogen) atoms. The highest BCUT2D eigenvalue weighted by molar-refractivity contribution is 7.98. The Morgan fingerprint density at radius 3 is 2.16 bits per heavy atom. The predicted molar refractivity (Wildman–Crippen MR) is 84.2 cm³/mol. The molecule has 0 N–H and O–H groups in total.